The van der Waals surface area contributed by atoms with Crippen molar-refractivity contribution in [2.75, 3.05) is 0 Å². The Hall–Kier alpha value is -3.43. The fourth-order valence-corrected chi connectivity index (χ4v) is 3.64. The van der Waals surface area contributed by atoms with Gasteiger partial charge in [0, 0.05) is 24.2 Å². The topological polar surface area (TPSA) is 85.0 Å². The van der Waals surface area contributed by atoms with Crippen LogP contribution in [0.15, 0.2) is 65.7 Å². The second kappa shape index (κ2) is 9.80. The molecule has 1 aromatic carbocycles. The van der Waals surface area contributed by atoms with Crippen molar-refractivity contribution < 1.29 is 9.53 Å². The monoisotopic (exact) mass is 449 g/mol. The maximum Gasteiger partial charge on any atom is 0.306 e. The van der Waals surface area contributed by atoms with Crippen molar-refractivity contribution in [3.8, 4) is 23.0 Å². The minimum Gasteiger partial charge on any atom is -0.460 e. The molecule has 2 heterocycles. The van der Waals surface area contributed by atoms with Crippen LogP contribution >= 0.6 is 11.6 Å². The number of nitrogens with zero attached hydrogens (tertiary/aromatic N) is 3. The molecule has 0 aliphatic heterocycles. The zero-order valence-corrected chi connectivity index (χ0v) is 19.0. The molecule has 0 aliphatic carbocycles. The number of esters is 1. The molecule has 0 N–H and O–H groups in total. The van der Waals surface area contributed by atoms with Gasteiger partial charge in [0.2, 0.25) is 0 Å². The Morgan fingerprint density at radius 3 is 2.59 bits per heavy atom. The molecule has 0 aliphatic rings. The molecule has 3 rings (SSSR count). The summed E-state index contributed by atoms with van der Waals surface area (Å²) in [5, 5.41) is 10.1. The molecule has 32 heavy (non-hydrogen) atoms. The third-order valence-corrected chi connectivity index (χ3v) is 5.16. The predicted molar refractivity (Wildman–Crippen MR) is 124 cm³/mol. The fourth-order valence-electron chi connectivity index (χ4n) is 3.29. The van der Waals surface area contributed by atoms with Crippen LogP contribution in [0.5, 0.6) is 0 Å². The summed E-state index contributed by atoms with van der Waals surface area (Å²) in [5.41, 5.74) is 1.85. The van der Waals surface area contributed by atoms with E-state index < -0.39 is 11.5 Å². The van der Waals surface area contributed by atoms with E-state index in [0.29, 0.717) is 34.0 Å². The lowest BCUT2D eigenvalue weighted by atomic mass is 9.93. The first-order chi connectivity index (χ1) is 15.2. The molecule has 0 saturated heterocycles. The van der Waals surface area contributed by atoms with Crippen LogP contribution in [0.3, 0.4) is 0 Å². The van der Waals surface area contributed by atoms with Gasteiger partial charge in [0.1, 0.15) is 5.60 Å². The average molecular weight is 450 g/mol. The van der Waals surface area contributed by atoms with E-state index in [0.717, 1.165) is 0 Å². The summed E-state index contributed by atoms with van der Waals surface area (Å²) in [6.45, 7) is 5.42. The smallest absolute Gasteiger partial charge is 0.306 e. The number of pyridine rings is 2. The second-order valence-corrected chi connectivity index (χ2v) is 8.70. The van der Waals surface area contributed by atoms with Crippen molar-refractivity contribution in [2.45, 2.75) is 45.1 Å². The van der Waals surface area contributed by atoms with Crippen molar-refractivity contribution in [3.63, 3.8) is 0 Å². The Morgan fingerprint density at radius 2 is 1.97 bits per heavy atom. The lowest BCUT2D eigenvalue weighted by molar-refractivity contribution is -0.154. The van der Waals surface area contributed by atoms with Crippen LogP contribution < -0.4 is 5.56 Å². The van der Waals surface area contributed by atoms with Crippen molar-refractivity contribution >= 4 is 17.6 Å². The van der Waals surface area contributed by atoms with Gasteiger partial charge in [0.05, 0.1) is 34.6 Å². The average Bonchev–Trinajstić information content (AvgIpc) is 2.74. The van der Waals surface area contributed by atoms with Crippen LogP contribution in [0.1, 0.15) is 45.1 Å². The molecule has 0 radical (unpaired) electrons. The van der Waals surface area contributed by atoms with Gasteiger partial charge >= 0.3 is 5.97 Å². The number of ether oxygens (including phenoxy) is 1. The summed E-state index contributed by atoms with van der Waals surface area (Å²) >= 11 is 6.66. The lowest BCUT2D eigenvalue weighted by Gasteiger charge is -2.20. The number of nitriles is 1. The summed E-state index contributed by atoms with van der Waals surface area (Å²) in [6, 6.07) is 16.2. The van der Waals surface area contributed by atoms with Gasteiger partial charge in [-0.2, -0.15) is 5.26 Å². The Kier molecular flexibility index (Phi) is 7.12. The number of carbonyl (C=O) groups excluding carboxylic acids is 1. The van der Waals surface area contributed by atoms with Gasteiger partial charge < -0.3 is 4.74 Å². The fraction of sp³-hybridized carbons (Fsp3) is 0.280. The van der Waals surface area contributed by atoms with Crippen LogP contribution in [0.2, 0.25) is 5.02 Å². The molecule has 164 valence electrons. The maximum atomic E-state index is 12.1. The number of aromatic nitrogens is 2. The van der Waals surface area contributed by atoms with Crippen LogP contribution in [0.25, 0.3) is 16.9 Å². The Bertz CT molecular complexity index is 1200. The third-order valence-electron chi connectivity index (χ3n) is 4.74. The maximum absolute atomic E-state index is 12.1. The van der Waals surface area contributed by atoms with E-state index >= 15 is 0 Å². The molecule has 2 aromatic heterocycles. The summed E-state index contributed by atoms with van der Waals surface area (Å²) in [7, 11) is 0. The first-order valence-electron chi connectivity index (χ1n) is 10.2. The molecule has 3 aromatic rings. The first-order valence-corrected chi connectivity index (χ1v) is 10.6. The van der Waals surface area contributed by atoms with Crippen LogP contribution in [0.4, 0.5) is 0 Å². The quantitative estimate of drug-likeness (QED) is 0.478. The van der Waals surface area contributed by atoms with E-state index in [9.17, 15) is 14.9 Å². The second-order valence-electron chi connectivity index (χ2n) is 8.33. The van der Waals surface area contributed by atoms with Gasteiger partial charge in [-0.25, -0.2) is 0 Å². The molecule has 7 heteroatoms. The van der Waals surface area contributed by atoms with Crippen LogP contribution in [-0.2, 0) is 9.53 Å². The van der Waals surface area contributed by atoms with Gasteiger partial charge in [0.25, 0.3) is 5.56 Å². The van der Waals surface area contributed by atoms with E-state index in [-0.39, 0.29) is 17.9 Å². The summed E-state index contributed by atoms with van der Waals surface area (Å²) in [5.74, 6) is -0.907. The standard InChI is InChI=1S/C25H24ClN3O3/c1-25(2,3)32-23(31)13-10-17(15-27)19-7-6-8-20(24(19)26)21-12-11-18(16-28-21)29-14-5-4-9-22(29)30/h4-9,11-12,14,16-17H,10,13H2,1-3H3. The normalized spacial score (nSPS) is 12.1. The third kappa shape index (κ3) is 5.63. The van der Waals surface area contributed by atoms with E-state index in [1.807, 2.05) is 12.1 Å². The molecule has 6 nitrogen and oxygen atoms in total. The minimum atomic E-state index is -0.570. The number of halogens is 1. The molecule has 0 saturated carbocycles. The van der Waals surface area contributed by atoms with E-state index in [1.54, 1.807) is 63.5 Å². The van der Waals surface area contributed by atoms with Crippen molar-refractivity contribution in [1.82, 2.24) is 9.55 Å². The number of hydrogen-bond acceptors (Lipinski definition) is 5. The van der Waals surface area contributed by atoms with Gasteiger partial charge in [0.15, 0.2) is 0 Å². The van der Waals surface area contributed by atoms with Gasteiger partial charge in [-0.1, -0.05) is 35.9 Å². The highest BCUT2D eigenvalue weighted by atomic mass is 35.5. The largest absolute Gasteiger partial charge is 0.460 e. The van der Waals surface area contributed by atoms with Crippen molar-refractivity contribution in [2.24, 2.45) is 0 Å². The summed E-state index contributed by atoms with van der Waals surface area (Å²) in [6.07, 6.45) is 3.70. The van der Waals surface area contributed by atoms with E-state index in [1.165, 1.54) is 10.6 Å². The zero-order chi connectivity index (χ0) is 23.3. The Morgan fingerprint density at radius 1 is 1.19 bits per heavy atom. The molecule has 0 fully saturated rings. The number of carbonyl (C=O) groups is 1. The van der Waals surface area contributed by atoms with E-state index in [4.69, 9.17) is 16.3 Å². The number of benzene rings is 1. The lowest BCUT2D eigenvalue weighted by Crippen LogP contribution is -2.24. The summed E-state index contributed by atoms with van der Waals surface area (Å²) in [4.78, 5) is 28.5. The highest BCUT2D eigenvalue weighted by Gasteiger charge is 2.21. The minimum absolute atomic E-state index is 0.120. The van der Waals surface area contributed by atoms with Gasteiger partial charge in [-0.05, 0) is 51.0 Å². The molecule has 0 amide bonds. The highest BCUT2D eigenvalue weighted by molar-refractivity contribution is 6.34. The molecule has 0 spiro atoms. The molecular weight excluding hydrogens is 426 g/mol. The SMILES string of the molecule is CC(C)(C)OC(=O)CCC(C#N)c1cccc(-c2ccc(-n3ccccc3=O)cn2)c1Cl. The summed E-state index contributed by atoms with van der Waals surface area (Å²) < 4.78 is 6.83. The van der Waals surface area contributed by atoms with Gasteiger partial charge in [-0.3, -0.25) is 19.1 Å². The van der Waals surface area contributed by atoms with Crippen LogP contribution in [0, 0.1) is 11.3 Å². The number of hydrogen-bond donors (Lipinski definition) is 0. The first kappa shape index (κ1) is 23.2. The van der Waals surface area contributed by atoms with Gasteiger partial charge in [-0.15, -0.1) is 0 Å². The molecular formula is C25H24ClN3O3. The predicted octanol–water partition coefficient (Wildman–Crippen LogP) is 5.28. The van der Waals surface area contributed by atoms with Crippen LogP contribution in [-0.4, -0.2) is 21.1 Å². The molecule has 0 bridgehead atoms. The molecule has 1 atom stereocenters. The Labute approximate surface area is 192 Å². The highest BCUT2D eigenvalue weighted by Crippen LogP contribution is 2.35. The van der Waals surface area contributed by atoms with Crippen molar-refractivity contribution in [1.29, 1.82) is 5.26 Å². The number of rotatable bonds is 6. The Balaban J connectivity index is 1.83. The zero-order valence-electron chi connectivity index (χ0n) is 18.2. The van der Waals surface area contributed by atoms with Crippen molar-refractivity contribution in [3.05, 3.63) is 81.9 Å². The van der Waals surface area contributed by atoms with E-state index in [2.05, 4.69) is 11.1 Å². The molecule has 1 unspecified atom stereocenters.